The van der Waals surface area contributed by atoms with Crippen LogP contribution in [0.1, 0.15) is 13.8 Å². The fourth-order valence-corrected chi connectivity index (χ4v) is 2.97. The Morgan fingerprint density at radius 1 is 1.33 bits per heavy atom. The third-order valence-corrected chi connectivity index (χ3v) is 4.61. The summed E-state index contributed by atoms with van der Waals surface area (Å²) >= 11 is 5.43. The maximum Gasteiger partial charge on any atom is 0.308 e. The van der Waals surface area contributed by atoms with Crippen LogP contribution in [0, 0.1) is 23.5 Å². The topological polar surface area (TPSA) is 83.5 Å². The lowest BCUT2D eigenvalue weighted by molar-refractivity contribution is -0.142. The Labute approximate surface area is 126 Å². The van der Waals surface area contributed by atoms with Gasteiger partial charge in [-0.3, -0.25) is 4.79 Å². The number of benzene rings is 1. The van der Waals surface area contributed by atoms with Crippen LogP contribution in [0.2, 0.25) is 5.02 Å². The second-order valence-electron chi connectivity index (χ2n) is 4.74. The highest BCUT2D eigenvalue weighted by molar-refractivity contribution is 7.89. The lowest BCUT2D eigenvalue weighted by Gasteiger charge is -2.17. The molecule has 0 aliphatic carbocycles. The zero-order valence-corrected chi connectivity index (χ0v) is 12.8. The largest absolute Gasteiger partial charge is 0.481 e. The van der Waals surface area contributed by atoms with Crippen LogP contribution in [0.4, 0.5) is 8.78 Å². The van der Waals surface area contributed by atoms with E-state index in [9.17, 15) is 22.0 Å². The van der Waals surface area contributed by atoms with E-state index < -0.39 is 50.0 Å². The van der Waals surface area contributed by atoms with Gasteiger partial charge in [0.2, 0.25) is 10.0 Å². The Morgan fingerprint density at radius 2 is 1.90 bits per heavy atom. The Hall–Kier alpha value is -1.25. The van der Waals surface area contributed by atoms with Crippen molar-refractivity contribution in [1.82, 2.24) is 4.72 Å². The molecule has 21 heavy (non-hydrogen) atoms. The third kappa shape index (κ3) is 4.36. The average molecular weight is 342 g/mol. The van der Waals surface area contributed by atoms with Crippen molar-refractivity contribution in [2.24, 2.45) is 11.8 Å². The van der Waals surface area contributed by atoms with Crippen LogP contribution < -0.4 is 4.72 Å². The van der Waals surface area contributed by atoms with Crippen molar-refractivity contribution in [3.63, 3.8) is 0 Å². The molecule has 0 saturated heterocycles. The van der Waals surface area contributed by atoms with Crippen LogP contribution in [-0.4, -0.2) is 26.0 Å². The second kappa shape index (κ2) is 6.67. The highest BCUT2D eigenvalue weighted by Crippen LogP contribution is 2.23. The summed E-state index contributed by atoms with van der Waals surface area (Å²) in [6.45, 7) is 2.81. The number of hydrogen-bond donors (Lipinski definition) is 2. The molecule has 1 aromatic carbocycles. The lowest BCUT2D eigenvalue weighted by Crippen LogP contribution is -2.35. The molecular weight excluding hydrogens is 328 g/mol. The van der Waals surface area contributed by atoms with Gasteiger partial charge in [-0.05, 0) is 12.0 Å². The fraction of sp³-hybridized carbons (Fsp3) is 0.417. The van der Waals surface area contributed by atoms with E-state index in [1.54, 1.807) is 13.8 Å². The Bertz CT molecular complexity index is 649. The Morgan fingerprint density at radius 3 is 2.38 bits per heavy atom. The number of carboxylic acids is 1. The van der Waals surface area contributed by atoms with Crippen molar-refractivity contribution >= 4 is 27.6 Å². The zero-order valence-electron chi connectivity index (χ0n) is 11.2. The van der Waals surface area contributed by atoms with E-state index in [0.717, 1.165) is 0 Å². The molecule has 1 atom stereocenters. The fourth-order valence-electron chi connectivity index (χ4n) is 1.60. The van der Waals surface area contributed by atoms with Gasteiger partial charge >= 0.3 is 5.97 Å². The van der Waals surface area contributed by atoms with E-state index in [1.807, 2.05) is 4.72 Å². The predicted octanol–water partition coefficient (Wildman–Crippen LogP) is 2.25. The van der Waals surface area contributed by atoms with Crippen molar-refractivity contribution < 1.29 is 27.1 Å². The van der Waals surface area contributed by atoms with Crippen LogP contribution in [0.25, 0.3) is 0 Å². The van der Waals surface area contributed by atoms with Gasteiger partial charge in [0.25, 0.3) is 0 Å². The first-order valence-corrected chi connectivity index (χ1v) is 7.79. The minimum Gasteiger partial charge on any atom is -0.481 e. The van der Waals surface area contributed by atoms with Gasteiger partial charge in [-0.2, -0.15) is 0 Å². The zero-order chi connectivity index (χ0) is 16.4. The van der Waals surface area contributed by atoms with Crippen molar-refractivity contribution in [2.75, 3.05) is 6.54 Å². The Kier molecular flexibility index (Phi) is 5.66. The molecule has 0 aliphatic heterocycles. The summed E-state index contributed by atoms with van der Waals surface area (Å²) in [6.07, 6.45) is 0. The van der Waals surface area contributed by atoms with E-state index in [2.05, 4.69) is 0 Å². The van der Waals surface area contributed by atoms with Crippen molar-refractivity contribution in [1.29, 1.82) is 0 Å². The molecule has 0 saturated carbocycles. The van der Waals surface area contributed by atoms with E-state index in [0.29, 0.717) is 12.1 Å². The molecule has 2 N–H and O–H groups in total. The van der Waals surface area contributed by atoms with E-state index in [1.165, 1.54) is 0 Å². The number of rotatable bonds is 6. The summed E-state index contributed by atoms with van der Waals surface area (Å²) in [4.78, 5) is 10.1. The lowest BCUT2D eigenvalue weighted by atomic mass is 9.97. The SMILES string of the molecule is CC(C)C(CNS(=O)(=O)c1cc(Cl)c(F)cc1F)C(=O)O. The van der Waals surface area contributed by atoms with Crippen LogP contribution in [0.3, 0.4) is 0 Å². The van der Waals surface area contributed by atoms with Crippen LogP contribution >= 0.6 is 11.6 Å². The summed E-state index contributed by atoms with van der Waals surface area (Å²) in [7, 11) is -4.33. The molecule has 0 bridgehead atoms. The van der Waals surface area contributed by atoms with E-state index >= 15 is 0 Å². The van der Waals surface area contributed by atoms with Crippen LogP contribution in [0.15, 0.2) is 17.0 Å². The third-order valence-electron chi connectivity index (χ3n) is 2.88. The maximum absolute atomic E-state index is 13.5. The monoisotopic (exact) mass is 341 g/mol. The predicted molar refractivity (Wildman–Crippen MR) is 72.5 cm³/mol. The molecule has 0 spiro atoms. The van der Waals surface area contributed by atoms with Gasteiger partial charge < -0.3 is 5.11 Å². The molecule has 5 nitrogen and oxygen atoms in total. The number of halogens is 3. The molecule has 0 heterocycles. The molecule has 1 aromatic rings. The molecule has 118 valence electrons. The highest BCUT2D eigenvalue weighted by atomic mass is 35.5. The minimum atomic E-state index is -4.33. The van der Waals surface area contributed by atoms with Gasteiger partial charge in [0, 0.05) is 12.6 Å². The van der Waals surface area contributed by atoms with E-state index in [-0.39, 0.29) is 5.92 Å². The second-order valence-corrected chi connectivity index (χ2v) is 6.88. The average Bonchev–Trinajstić information content (AvgIpc) is 2.32. The van der Waals surface area contributed by atoms with Crippen molar-refractivity contribution in [2.45, 2.75) is 18.7 Å². The van der Waals surface area contributed by atoms with Crippen LogP contribution in [-0.2, 0) is 14.8 Å². The number of carbonyl (C=O) groups is 1. The standard InChI is InChI=1S/C12H14ClF2NO4S/c1-6(2)7(12(17)18)5-16-21(19,20)11-3-8(13)9(14)4-10(11)15/h3-4,6-7,16H,5H2,1-2H3,(H,17,18). The van der Waals surface area contributed by atoms with Crippen LogP contribution in [0.5, 0.6) is 0 Å². The smallest absolute Gasteiger partial charge is 0.308 e. The first-order chi connectivity index (χ1) is 9.56. The van der Waals surface area contributed by atoms with Gasteiger partial charge in [0.1, 0.15) is 16.5 Å². The van der Waals surface area contributed by atoms with E-state index in [4.69, 9.17) is 16.7 Å². The number of sulfonamides is 1. The molecule has 9 heteroatoms. The quantitative estimate of drug-likeness (QED) is 0.777. The summed E-state index contributed by atoms with van der Waals surface area (Å²) < 4.78 is 52.4. The van der Waals surface area contributed by atoms with Crippen molar-refractivity contribution in [3.05, 3.63) is 28.8 Å². The Balaban J connectivity index is 3.02. The highest BCUT2D eigenvalue weighted by Gasteiger charge is 2.26. The minimum absolute atomic E-state index is 0.327. The summed E-state index contributed by atoms with van der Waals surface area (Å²) in [5.74, 6) is -4.87. The molecule has 0 fully saturated rings. The summed E-state index contributed by atoms with van der Waals surface area (Å²) in [6, 6.07) is 0.994. The maximum atomic E-state index is 13.5. The van der Waals surface area contributed by atoms with Gasteiger partial charge in [-0.15, -0.1) is 0 Å². The number of nitrogens with one attached hydrogen (secondary N) is 1. The van der Waals surface area contributed by atoms with Gasteiger partial charge in [-0.1, -0.05) is 25.4 Å². The first-order valence-electron chi connectivity index (χ1n) is 5.93. The summed E-state index contributed by atoms with van der Waals surface area (Å²) in [5.41, 5.74) is 0. The number of carboxylic acid groups (broad SMARTS) is 1. The van der Waals surface area contributed by atoms with Gasteiger partial charge in [0.05, 0.1) is 10.9 Å². The van der Waals surface area contributed by atoms with Gasteiger partial charge in [-0.25, -0.2) is 21.9 Å². The molecule has 1 unspecified atom stereocenters. The number of aliphatic carboxylic acids is 1. The molecule has 0 amide bonds. The molecule has 0 radical (unpaired) electrons. The van der Waals surface area contributed by atoms with Gasteiger partial charge in [0.15, 0.2) is 0 Å². The normalized spacial score (nSPS) is 13.4. The molecule has 1 rings (SSSR count). The molecule has 0 aromatic heterocycles. The molecule has 0 aliphatic rings. The summed E-state index contributed by atoms with van der Waals surface area (Å²) in [5, 5.41) is 8.42. The first kappa shape index (κ1) is 17.8. The van der Waals surface area contributed by atoms with Crippen molar-refractivity contribution in [3.8, 4) is 0 Å². The molecular formula is C12H14ClF2NO4S. The number of hydrogen-bond acceptors (Lipinski definition) is 3.